The maximum atomic E-state index is 13.7. The molecular weight excluding hydrogens is 506 g/mol. The number of benzene rings is 1. The van der Waals surface area contributed by atoms with Gasteiger partial charge in [0.2, 0.25) is 12.2 Å². The number of hydrogen-bond acceptors (Lipinski definition) is 9. The monoisotopic (exact) mass is 545 g/mol. The summed E-state index contributed by atoms with van der Waals surface area (Å²) in [6.07, 6.45) is 4.04. The van der Waals surface area contributed by atoms with Crippen LogP contribution in [0.4, 0.5) is 4.79 Å². The average molecular weight is 546 g/mol. The first-order valence-corrected chi connectivity index (χ1v) is 14.1. The van der Waals surface area contributed by atoms with Crippen molar-refractivity contribution in [2.75, 3.05) is 26.4 Å². The van der Waals surface area contributed by atoms with Crippen LogP contribution in [0.2, 0.25) is 0 Å². The normalized spacial score (nSPS) is 15.7. The highest BCUT2D eigenvalue weighted by Crippen LogP contribution is 2.34. The van der Waals surface area contributed by atoms with Crippen molar-refractivity contribution in [3.05, 3.63) is 41.8 Å². The number of rotatable bonds is 14. The van der Waals surface area contributed by atoms with Gasteiger partial charge >= 0.3 is 6.09 Å². The van der Waals surface area contributed by atoms with E-state index >= 15 is 0 Å². The van der Waals surface area contributed by atoms with E-state index in [4.69, 9.17) is 9.15 Å². The molecule has 1 unspecified atom stereocenters. The SMILES string of the molecule is CC(C)CC(C(=O)c1nnc(SCCN(C)C)o1)N(C=O)C1(NC(=O)OCc2ccccc2)CCCCC1. The number of carbonyl (C=O) groups excluding carboxylic acids is 3. The van der Waals surface area contributed by atoms with Crippen molar-refractivity contribution in [3.8, 4) is 0 Å². The number of carbonyl (C=O) groups is 3. The Kier molecular flexibility index (Phi) is 11.1. The van der Waals surface area contributed by atoms with Gasteiger partial charge in [-0.1, -0.05) is 62.4 Å². The molecule has 2 aromatic rings. The van der Waals surface area contributed by atoms with Crippen molar-refractivity contribution in [1.82, 2.24) is 25.3 Å². The molecule has 1 aliphatic carbocycles. The van der Waals surface area contributed by atoms with Crippen LogP contribution < -0.4 is 5.32 Å². The Morgan fingerprint density at radius 3 is 2.50 bits per heavy atom. The van der Waals surface area contributed by atoms with Gasteiger partial charge in [0, 0.05) is 12.3 Å². The van der Waals surface area contributed by atoms with Crippen LogP contribution >= 0.6 is 11.8 Å². The molecule has 0 aliphatic heterocycles. The third kappa shape index (κ3) is 8.29. The van der Waals surface area contributed by atoms with E-state index in [1.54, 1.807) is 0 Å². The van der Waals surface area contributed by atoms with Crippen molar-refractivity contribution in [1.29, 1.82) is 0 Å². The zero-order valence-electron chi connectivity index (χ0n) is 22.7. The summed E-state index contributed by atoms with van der Waals surface area (Å²) in [5, 5.41) is 11.3. The third-order valence-electron chi connectivity index (χ3n) is 6.55. The summed E-state index contributed by atoms with van der Waals surface area (Å²) in [7, 11) is 3.95. The van der Waals surface area contributed by atoms with Gasteiger partial charge in [0.25, 0.3) is 11.1 Å². The number of ether oxygens (including phenoxy) is 1. The van der Waals surface area contributed by atoms with E-state index in [0.29, 0.717) is 30.9 Å². The standard InChI is InChI=1S/C27H39N5O5S/c1-20(2)17-22(23(34)24-29-30-26(37-24)38-16-15-31(3)4)32(19-33)27(13-9-6-10-14-27)28-25(35)36-18-21-11-7-5-8-12-21/h5,7-8,11-12,19-20,22H,6,9-10,13-18H2,1-4H3,(H,28,35). The molecule has 1 atom stereocenters. The van der Waals surface area contributed by atoms with Gasteiger partial charge in [-0.15, -0.1) is 10.2 Å². The molecule has 38 heavy (non-hydrogen) atoms. The maximum absolute atomic E-state index is 13.7. The lowest BCUT2D eigenvalue weighted by molar-refractivity contribution is -0.130. The highest BCUT2D eigenvalue weighted by atomic mass is 32.2. The molecule has 0 spiro atoms. The molecule has 10 nitrogen and oxygen atoms in total. The van der Waals surface area contributed by atoms with Crippen LogP contribution in [0.25, 0.3) is 0 Å². The molecular formula is C27H39N5O5S. The Labute approximate surface area is 228 Å². The maximum Gasteiger partial charge on any atom is 0.409 e. The molecule has 0 radical (unpaired) electrons. The van der Waals surface area contributed by atoms with E-state index in [0.717, 1.165) is 37.1 Å². The zero-order chi connectivity index (χ0) is 27.5. The predicted molar refractivity (Wildman–Crippen MR) is 145 cm³/mol. The van der Waals surface area contributed by atoms with E-state index in [2.05, 4.69) is 15.5 Å². The van der Waals surface area contributed by atoms with Gasteiger partial charge in [-0.05, 0) is 57.7 Å². The first kappa shape index (κ1) is 29.6. The Balaban J connectivity index is 1.81. The smallest absolute Gasteiger partial charge is 0.409 e. The summed E-state index contributed by atoms with van der Waals surface area (Å²) in [5.74, 6) is 0.264. The van der Waals surface area contributed by atoms with Gasteiger partial charge in [-0.3, -0.25) is 14.9 Å². The first-order valence-electron chi connectivity index (χ1n) is 13.1. The highest BCUT2D eigenvalue weighted by Gasteiger charge is 2.45. The summed E-state index contributed by atoms with van der Waals surface area (Å²) in [6.45, 7) is 4.89. The summed E-state index contributed by atoms with van der Waals surface area (Å²) in [6, 6.07) is 8.51. The Bertz CT molecular complexity index is 1040. The molecule has 1 aromatic carbocycles. The fourth-order valence-corrected chi connectivity index (χ4v) is 5.49. The average Bonchev–Trinajstić information content (AvgIpc) is 3.36. The number of thioether (sulfide) groups is 1. The molecule has 11 heteroatoms. The lowest BCUT2D eigenvalue weighted by Gasteiger charge is -2.47. The first-order chi connectivity index (χ1) is 18.2. The van der Waals surface area contributed by atoms with Crippen LogP contribution in [0, 0.1) is 5.92 Å². The number of nitrogens with zero attached hydrogens (tertiary/aromatic N) is 4. The summed E-state index contributed by atoms with van der Waals surface area (Å²) < 4.78 is 11.2. The Morgan fingerprint density at radius 2 is 1.87 bits per heavy atom. The molecule has 1 fully saturated rings. The number of aromatic nitrogens is 2. The summed E-state index contributed by atoms with van der Waals surface area (Å²) >= 11 is 1.38. The van der Waals surface area contributed by atoms with Crippen molar-refractivity contribution in [2.45, 2.75) is 75.9 Å². The molecule has 208 valence electrons. The van der Waals surface area contributed by atoms with Gasteiger partial charge < -0.3 is 19.0 Å². The minimum Gasteiger partial charge on any atom is -0.445 e. The van der Waals surface area contributed by atoms with E-state index in [-0.39, 0.29) is 18.4 Å². The van der Waals surface area contributed by atoms with Crippen LogP contribution in [-0.4, -0.2) is 76.4 Å². The lowest BCUT2D eigenvalue weighted by Crippen LogP contribution is -2.65. The van der Waals surface area contributed by atoms with Gasteiger partial charge in [-0.25, -0.2) is 4.79 Å². The van der Waals surface area contributed by atoms with Crippen LogP contribution in [0.3, 0.4) is 0 Å². The van der Waals surface area contributed by atoms with Crippen LogP contribution in [0.15, 0.2) is 40.0 Å². The molecule has 1 saturated carbocycles. The molecule has 3 rings (SSSR count). The zero-order valence-corrected chi connectivity index (χ0v) is 23.5. The second-order valence-corrected chi connectivity index (χ2v) is 11.4. The molecule has 0 bridgehead atoms. The van der Waals surface area contributed by atoms with E-state index in [1.165, 1.54) is 16.7 Å². The van der Waals surface area contributed by atoms with Crippen LogP contribution in [-0.2, 0) is 16.1 Å². The minimum absolute atomic E-state index is 0.0916. The summed E-state index contributed by atoms with van der Waals surface area (Å²) in [4.78, 5) is 42.8. The second-order valence-electron chi connectivity index (χ2n) is 10.3. The number of alkyl carbamates (subject to hydrolysis) is 1. The fraction of sp³-hybridized carbons (Fsp3) is 0.593. The molecule has 1 heterocycles. The predicted octanol–water partition coefficient (Wildman–Crippen LogP) is 4.37. The second kappa shape index (κ2) is 14.3. The minimum atomic E-state index is -1.05. The third-order valence-corrected chi connectivity index (χ3v) is 7.35. The van der Waals surface area contributed by atoms with Crippen LogP contribution in [0.5, 0.6) is 0 Å². The Hall–Kier alpha value is -2.92. The number of ketones is 1. The molecule has 0 saturated heterocycles. The van der Waals surface area contributed by atoms with Crippen molar-refractivity contribution < 1.29 is 23.5 Å². The van der Waals surface area contributed by atoms with Gasteiger partial charge in [0.05, 0.1) is 0 Å². The van der Waals surface area contributed by atoms with E-state index in [1.807, 2.05) is 63.2 Å². The topological polar surface area (TPSA) is 118 Å². The van der Waals surface area contributed by atoms with Crippen molar-refractivity contribution in [2.24, 2.45) is 5.92 Å². The van der Waals surface area contributed by atoms with Crippen LogP contribution in [0.1, 0.15) is 68.6 Å². The highest BCUT2D eigenvalue weighted by molar-refractivity contribution is 7.99. The molecule has 1 aliphatic rings. The van der Waals surface area contributed by atoms with Gasteiger partial charge in [-0.2, -0.15) is 0 Å². The molecule has 1 aromatic heterocycles. The largest absolute Gasteiger partial charge is 0.445 e. The van der Waals surface area contributed by atoms with Crippen molar-refractivity contribution in [3.63, 3.8) is 0 Å². The van der Waals surface area contributed by atoms with E-state index < -0.39 is 23.6 Å². The van der Waals surface area contributed by atoms with Gasteiger partial charge in [0.15, 0.2) is 0 Å². The molecule has 2 amide bonds. The fourth-order valence-electron chi connectivity index (χ4n) is 4.63. The Morgan fingerprint density at radius 1 is 1.16 bits per heavy atom. The number of amides is 2. The summed E-state index contributed by atoms with van der Waals surface area (Å²) in [5.41, 5.74) is -0.192. The van der Waals surface area contributed by atoms with E-state index in [9.17, 15) is 14.4 Å². The molecule has 1 N–H and O–H groups in total. The van der Waals surface area contributed by atoms with Crippen molar-refractivity contribution >= 4 is 30.0 Å². The number of Topliss-reactive ketones (excluding diaryl/α,β-unsaturated/α-hetero) is 1. The lowest BCUT2D eigenvalue weighted by atomic mass is 9.85. The number of hydrogen-bond donors (Lipinski definition) is 1. The quantitative estimate of drug-likeness (QED) is 0.160. The van der Waals surface area contributed by atoms with Gasteiger partial charge in [0.1, 0.15) is 18.3 Å². The number of nitrogens with one attached hydrogen (secondary N) is 1.